The number of hydrogen-bond acceptors (Lipinski definition) is 4. The molecule has 1 fully saturated rings. The molecule has 1 amide bonds. The molecule has 0 bridgehead atoms. The van der Waals surface area contributed by atoms with Gasteiger partial charge < -0.3 is 5.32 Å². The van der Waals surface area contributed by atoms with Gasteiger partial charge in [0.25, 0.3) is 0 Å². The van der Waals surface area contributed by atoms with Crippen LogP contribution < -0.4 is 5.32 Å². The average molecular weight is 311 g/mol. The molecule has 2 rings (SSSR count). The summed E-state index contributed by atoms with van der Waals surface area (Å²) in [5.74, 6) is -0.0750. The van der Waals surface area contributed by atoms with Crippen LogP contribution in [0.3, 0.4) is 0 Å². The Balaban J connectivity index is 1.85. The lowest BCUT2D eigenvalue weighted by Crippen LogP contribution is -2.37. The second-order valence-corrected chi connectivity index (χ2v) is 7.19. The standard InChI is InChI=1S/C14H21N3O3S/c1-21(19,20)17-9-5-8-16(10-11-17)12-14(18)15-13-6-3-2-4-7-13/h2-4,6-7H,5,8-12H2,1H3,(H,15,18). The molecule has 1 aliphatic heterocycles. The number of rotatable bonds is 4. The molecule has 7 heteroatoms. The second-order valence-electron chi connectivity index (χ2n) is 5.21. The molecule has 0 atom stereocenters. The number of amides is 1. The molecule has 0 spiro atoms. The molecule has 0 aliphatic carbocycles. The van der Waals surface area contributed by atoms with Gasteiger partial charge in [-0.15, -0.1) is 0 Å². The molecule has 0 aromatic heterocycles. The van der Waals surface area contributed by atoms with E-state index in [-0.39, 0.29) is 12.5 Å². The van der Waals surface area contributed by atoms with Crippen molar-refractivity contribution < 1.29 is 13.2 Å². The Hall–Kier alpha value is -1.44. The lowest BCUT2D eigenvalue weighted by Gasteiger charge is -2.20. The third-order valence-corrected chi connectivity index (χ3v) is 4.74. The van der Waals surface area contributed by atoms with E-state index in [4.69, 9.17) is 0 Å². The molecule has 1 aliphatic rings. The molecule has 0 radical (unpaired) electrons. The largest absolute Gasteiger partial charge is 0.325 e. The molecule has 6 nitrogen and oxygen atoms in total. The fraction of sp³-hybridized carbons (Fsp3) is 0.500. The average Bonchev–Trinajstić information content (AvgIpc) is 2.65. The highest BCUT2D eigenvalue weighted by atomic mass is 32.2. The topological polar surface area (TPSA) is 69.7 Å². The summed E-state index contributed by atoms with van der Waals surface area (Å²) in [6.07, 6.45) is 1.97. The Morgan fingerprint density at radius 2 is 1.86 bits per heavy atom. The van der Waals surface area contributed by atoms with Crippen molar-refractivity contribution in [2.24, 2.45) is 0 Å². The van der Waals surface area contributed by atoms with E-state index in [0.29, 0.717) is 19.6 Å². The van der Waals surface area contributed by atoms with Crippen molar-refractivity contribution >= 4 is 21.6 Å². The zero-order chi connectivity index (χ0) is 15.3. The quantitative estimate of drug-likeness (QED) is 0.884. The number of hydrogen-bond donors (Lipinski definition) is 1. The van der Waals surface area contributed by atoms with Crippen molar-refractivity contribution in [3.8, 4) is 0 Å². The summed E-state index contributed by atoms with van der Waals surface area (Å²) in [6.45, 7) is 2.56. The van der Waals surface area contributed by atoms with Crippen molar-refractivity contribution in [2.75, 3.05) is 44.3 Å². The summed E-state index contributed by atoms with van der Waals surface area (Å²) in [6, 6.07) is 9.30. The minimum absolute atomic E-state index is 0.0750. The van der Waals surface area contributed by atoms with Crippen LogP contribution in [0.25, 0.3) is 0 Å². The van der Waals surface area contributed by atoms with E-state index in [0.717, 1.165) is 18.7 Å². The van der Waals surface area contributed by atoms with Crippen molar-refractivity contribution in [2.45, 2.75) is 6.42 Å². The molecule has 0 saturated carbocycles. The maximum atomic E-state index is 12.0. The minimum Gasteiger partial charge on any atom is -0.325 e. The van der Waals surface area contributed by atoms with Gasteiger partial charge in [-0.2, -0.15) is 0 Å². The van der Waals surface area contributed by atoms with E-state index >= 15 is 0 Å². The van der Waals surface area contributed by atoms with Crippen LogP contribution in [0, 0.1) is 0 Å². The molecule has 1 N–H and O–H groups in total. The van der Waals surface area contributed by atoms with Gasteiger partial charge in [0, 0.05) is 25.3 Å². The first-order chi connectivity index (χ1) is 9.95. The zero-order valence-corrected chi connectivity index (χ0v) is 13.0. The molecule has 116 valence electrons. The smallest absolute Gasteiger partial charge is 0.238 e. The highest BCUT2D eigenvalue weighted by molar-refractivity contribution is 7.88. The van der Waals surface area contributed by atoms with Crippen LogP contribution in [-0.4, -0.2) is 62.5 Å². The normalized spacial score (nSPS) is 18.1. The molecule has 21 heavy (non-hydrogen) atoms. The molecular formula is C14H21N3O3S. The predicted molar refractivity (Wildman–Crippen MR) is 82.5 cm³/mol. The monoisotopic (exact) mass is 311 g/mol. The maximum absolute atomic E-state index is 12.0. The summed E-state index contributed by atoms with van der Waals surface area (Å²) in [7, 11) is -3.14. The van der Waals surface area contributed by atoms with Crippen molar-refractivity contribution in [3.05, 3.63) is 30.3 Å². The number of para-hydroxylation sites is 1. The first kappa shape index (κ1) is 15.9. The lowest BCUT2D eigenvalue weighted by molar-refractivity contribution is -0.117. The SMILES string of the molecule is CS(=O)(=O)N1CCCN(CC(=O)Nc2ccccc2)CC1. The van der Waals surface area contributed by atoms with Gasteiger partial charge in [-0.1, -0.05) is 18.2 Å². The third kappa shape index (κ3) is 5.11. The zero-order valence-electron chi connectivity index (χ0n) is 12.2. The van der Waals surface area contributed by atoms with Gasteiger partial charge in [-0.05, 0) is 25.1 Å². The molecule has 1 heterocycles. The molecule has 1 aromatic rings. The van der Waals surface area contributed by atoms with Crippen molar-refractivity contribution in [3.63, 3.8) is 0 Å². The number of anilines is 1. The summed E-state index contributed by atoms with van der Waals surface area (Å²) >= 11 is 0. The third-order valence-electron chi connectivity index (χ3n) is 3.44. The summed E-state index contributed by atoms with van der Waals surface area (Å²) in [4.78, 5) is 14.0. The van der Waals surface area contributed by atoms with Gasteiger partial charge in [-0.25, -0.2) is 12.7 Å². The van der Waals surface area contributed by atoms with E-state index < -0.39 is 10.0 Å². The highest BCUT2D eigenvalue weighted by Crippen LogP contribution is 2.08. The summed E-state index contributed by atoms with van der Waals surface area (Å²) < 4.78 is 24.5. The summed E-state index contributed by atoms with van der Waals surface area (Å²) in [5.41, 5.74) is 0.773. The minimum atomic E-state index is -3.14. The fourth-order valence-corrected chi connectivity index (χ4v) is 3.24. The number of nitrogens with one attached hydrogen (secondary N) is 1. The number of nitrogens with zero attached hydrogens (tertiary/aromatic N) is 2. The Bertz CT molecular complexity index is 574. The number of benzene rings is 1. The Morgan fingerprint density at radius 3 is 2.52 bits per heavy atom. The number of carbonyl (C=O) groups excluding carboxylic acids is 1. The van der Waals surface area contributed by atoms with E-state index in [1.165, 1.54) is 10.6 Å². The van der Waals surface area contributed by atoms with Gasteiger partial charge in [0.05, 0.1) is 12.8 Å². The molecule has 1 aromatic carbocycles. The van der Waals surface area contributed by atoms with Crippen LogP contribution in [0.5, 0.6) is 0 Å². The van der Waals surface area contributed by atoms with Gasteiger partial charge in [0.15, 0.2) is 0 Å². The van der Waals surface area contributed by atoms with Crippen LogP contribution >= 0.6 is 0 Å². The van der Waals surface area contributed by atoms with Crippen LogP contribution in [0.15, 0.2) is 30.3 Å². The van der Waals surface area contributed by atoms with Crippen LogP contribution in [0.2, 0.25) is 0 Å². The van der Waals surface area contributed by atoms with Crippen LogP contribution in [0.4, 0.5) is 5.69 Å². The van der Waals surface area contributed by atoms with Gasteiger partial charge in [-0.3, -0.25) is 9.69 Å². The Morgan fingerprint density at radius 1 is 1.14 bits per heavy atom. The lowest BCUT2D eigenvalue weighted by atomic mass is 10.3. The van der Waals surface area contributed by atoms with E-state index in [9.17, 15) is 13.2 Å². The van der Waals surface area contributed by atoms with Gasteiger partial charge in [0.1, 0.15) is 0 Å². The van der Waals surface area contributed by atoms with E-state index in [1.807, 2.05) is 35.2 Å². The van der Waals surface area contributed by atoms with Crippen LogP contribution in [0.1, 0.15) is 6.42 Å². The fourth-order valence-electron chi connectivity index (χ4n) is 2.36. The molecule has 1 saturated heterocycles. The Labute approximate surface area is 125 Å². The van der Waals surface area contributed by atoms with Crippen molar-refractivity contribution in [1.82, 2.24) is 9.21 Å². The Kier molecular flexibility index (Phi) is 5.33. The molecule has 0 unspecified atom stereocenters. The number of sulfonamides is 1. The molecular weight excluding hydrogens is 290 g/mol. The highest BCUT2D eigenvalue weighted by Gasteiger charge is 2.22. The first-order valence-corrected chi connectivity index (χ1v) is 8.82. The predicted octanol–water partition coefficient (Wildman–Crippen LogP) is 0.592. The maximum Gasteiger partial charge on any atom is 0.238 e. The van der Waals surface area contributed by atoms with Crippen LogP contribution in [-0.2, 0) is 14.8 Å². The second kappa shape index (κ2) is 7.02. The first-order valence-electron chi connectivity index (χ1n) is 6.97. The number of carbonyl (C=O) groups is 1. The van der Waals surface area contributed by atoms with Crippen molar-refractivity contribution in [1.29, 1.82) is 0 Å². The summed E-state index contributed by atoms with van der Waals surface area (Å²) in [5, 5.41) is 2.84. The van der Waals surface area contributed by atoms with E-state index in [1.54, 1.807) is 0 Å². The van der Waals surface area contributed by atoms with E-state index in [2.05, 4.69) is 5.32 Å². The van der Waals surface area contributed by atoms with Gasteiger partial charge >= 0.3 is 0 Å². The van der Waals surface area contributed by atoms with Gasteiger partial charge in [0.2, 0.25) is 15.9 Å².